The standard InChI is InChI=1S/C14H14BN/c16-15-14(13-9-5-2-6-10-13)11-12-7-3-1-4-8-12/h1-11,15H,16H2. The van der Waals surface area contributed by atoms with Gasteiger partial charge in [-0.2, -0.15) is 0 Å². The second-order valence-corrected chi connectivity index (χ2v) is 3.65. The lowest BCUT2D eigenvalue weighted by molar-refractivity contribution is 1.63. The summed E-state index contributed by atoms with van der Waals surface area (Å²) in [6, 6.07) is 20.5. The summed E-state index contributed by atoms with van der Waals surface area (Å²) in [5, 5.41) is 0. The van der Waals surface area contributed by atoms with Gasteiger partial charge in [0.25, 0.3) is 0 Å². The fourth-order valence-electron chi connectivity index (χ4n) is 1.66. The molecule has 1 nitrogen and oxygen atoms in total. The van der Waals surface area contributed by atoms with E-state index in [9.17, 15) is 0 Å². The molecule has 0 amide bonds. The zero-order valence-corrected chi connectivity index (χ0v) is 9.14. The van der Waals surface area contributed by atoms with Crippen LogP contribution in [-0.4, -0.2) is 7.41 Å². The highest BCUT2D eigenvalue weighted by Gasteiger charge is 1.99. The average Bonchev–Trinajstić information content (AvgIpc) is 2.38. The Morgan fingerprint density at radius 3 is 2.00 bits per heavy atom. The summed E-state index contributed by atoms with van der Waals surface area (Å²) in [5.41, 5.74) is 9.32. The van der Waals surface area contributed by atoms with Crippen molar-refractivity contribution in [2.75, 3.05) is 0 Å². The minimum absolute atomic E-state index is 0.554. The van der Waals surface area contributed by atoms with Crippen molar-refractivity contribution in [1.82, 2.24) is 0 Å². The van der Waals surface area contributed by atoms with Gasteiger partial charge in [-0.3, -0.25) is 0 Å². The maximum absolute atomic E-state index is 5.78. The van der Waals surface area contributed by atoms with Gasteiger partial charge in [0.05, 0.1) is 0 Å². The SMILES string of the molecule is NBC(=Cc1ccccc1)c1ccccc1. The van der Waals surface area contributed by atoms with E-state index in [-0.39, 0.29) is 0 Å². The molecule has 0 heterocycles. The Kier molecular flexibility index (Phi) is 3.57. The molecule has 2 aromatic rings. The highest BCUT2D eigenvalue weighted by atomic mass is 14.4. The lowest BCUT2D eigenvalue weighted by atomic mass is 9.78. The Morgan fingerprint density at radius 1 is 0.875 bits per heavy atom. The molecule has 0 aliphatic carbocycles. The summed E-state index contributed by atoms with van der Waals surface area (Å²) in [6.45, 7) is 0. The Morgan fingerprint density at radius 2 is 1.44 bits per heavy atom. The number of hydrogen-bond donors (Lipinski definition) is 1. The molecule has 0 radical (unpaired) electrons. The fraction of sp³-hybridized carbons (Fsp3) is 0. The van der Waals surface area contributed by atoms with E-state index >= 15 is 0 Å². The lowest BCUT2D eigenvalue weighted by Crippen LogP contribution is -2.07. The molecule has 0 aromatic heterocycles. The third kappa shape index (κ3) is 2.62. The van der Waals surface area contributed by atoms with Crippen LogP contribution in [0.15, 0.2) is 60.7 Å². The van der Waals surface area contributed by atoms with Gasteiger partial charge < -0.3 is 5.64 Å². The Hall–Kier alpha value is -1.80. The zero-order valence-electron chi connectivity index (χ0n) is 9.14. The van der Waals surface area contributed by atoms with E-state index in [2.05, 4.69) is 30.3 Å². The van der Waals surface area contributed by atoms with Gasteiger partial charge in [0.1, 0.15) is 0 Å². The van der Waals surface area contributed by atoms with E-state index in [0.717, 1.165) is 5.47 Å². The monoisotopic (exact) mass is 207 g/mol. The van der Waals surface area contributed by atoms with Crippen molar-refractivity contribution in [3.63, 3.8) is 0 Å². The molecule has 2 aromatic carbocycles. The molecule has 78 valence electrons. The number of nitrogens with two attached hydrogens (primary N) is 1. The lowest BCUT2D eigenvalue weighted by Gasteiger charge is -2.03. The summed E-state index contributed by atoms with van der Waals surface area (Å²) in [7, 11) is 0.554. The first kappa shape index (κ1) is 10.7. The second-order valence-electron chi connectivity index (χ2n) is 3.65. The maximum Gasteiger partial charge on any atom is 0.233 e. The van der Waals surface area contributed by atoms with Crippen LogP contribution in [0.2, 0.25) is 0 Å². The molecular formula is C14H14BN. The molecule has 0 fully saturated rings. The van der Waals surface area contributed by atoms with Gasteiger partial charge in [0.2, 0.25) is 7.41 Å². The van der Waals surface area contributed by atoms with Gasteiger partial charge >= 0.3 is 0 Å². The van der Waals surface area contributed by atoms with Crippen LogP contribution in [0.1, 0.15) is 11.1 Å². The van der Waals surface area contributed by atoms with Crippen molar-refractivity contribution in [3.8, 4) is 0 Å². The fourth-order valence-corrected chi connectivity index (χ4v) is 1.66. The molecule has 16 heavy (non-hydrogen) atoms. The summed E-state index contributed by atoms with van der Waals surface area (Å²) in [5.74, 6) is 0. The van der Waals surface area contributed by atoms with Crippen LogP contribution in [-0.2, 0) is 0 Å². The molecule has 0 spiro atoms. The van der Waals surface area contributed by atoms with Crippen LogP contribution in [0.25, 0.3) is 11.5 Å². The van der Waals surface area contributed by atoms with Crippen molar-refractivity contribution in [3.05, 3.63) is 71.8 Å². The van der Waals surface area contributed by atoms with Crippen molar-refractivity contribution >= 4 is 19.0 Å². The van der Waals surface area contributed by atoms with Crippen LogP contribution < -0.4 is 5.64 Å². The molecule has 0 atom stereocenters. The molecule has 2 rings (SSSR count). The average molecular weight is 207 g/mol. The van der Waals surface area contributed by atoms with Crippen LogP contribution in [0.3, 0.4) is 0 Å². The molecule has 0 saturated heterocycles. The largest absolute Gasteiger partial charge is 0.369 e. The van der Waals surface area contributed by atoms with Gasteiger partial charge in [-0.05, 0) is 11.1 Å². The third-order valence-corrected chi connectivity index (χ3v) is 2.50. The third-order valence-electron chi connectivity index (χ3n) is 2.50. The van der Waals surface area contributed by atoms with Crippen LogP contribution in [0.4, 0.5) is 0 Å². The normalized spacial score (nSPS) is 11.2. The van der Waals surface area contributed by atoms with E-state index in [4.69, 9.17) is 5.64 Å². The van der Waals surface area contributed by atoms with Gasteiger partial charge in [0.15, 0.2) is 0 Å². The maximum atomic E-state index is 5.78. The molecular weight excluding hydrogens is 193 g/mol. The number of benzene rings is 2. The van der Waals surface area contributed by atoms with E-state index in [0.29, 0.717) is 7.41 Å². The summed E-state index contributed by atoms with van der Waals surface area (Å²) in [4.78, 5) is 0. The Bertz CT molecular complexity index is 463. The van der Waals surface area contributed by atoms with Crippen LogP contribution in [0, 0.1) is 0 Å². The molecule has 0 unspecified atom stereocenters. The van der Waals surface area contributed by atoms with Crippen LogP contribution in [0.5, 0.6) is 0 Å². The molecule has 2 N–H and O–H groups in total. The molecule has 0 aliphatic rings. The van der Waals surface area contributed by atoms with Gasteiger partial charge in [-0.1, -0.05) is 72.2 Å². The molecule has 2 heteroatoms. The summed E-state index contributed by atoms with van der Waals surface area (Å²) >= 11 is 0. The summed E-state index contributed by atoms with van der Waals surface area (Å²) < 4.78 is 0. The number of rotatable bonds is 3. The van der Waals surface area contributed by atoms with Crippen molar-refractivity contribution in [2.45, 2.75) is 0 Å². The first-order valence-electron chi connectivity index (χ1n) is 5.41. The van der Waals surface area contributed by atoms with E-state index in [1.165, 1.54) is 11.1 Å². The molecule has 0 bridgehead atoms. The van der Waals surface area contributed by atoms with Crippen molar-refractivity contribution < 1.29 is 0 Å². The van der Waals surface area contributed by atoms with E-state index in [1.807, 2.05) is 36.4 Å². The predicted octanol–water partition coefficient (Wildman–Crippen LogP) is 2.49. The van der Waals surface area contributed by atoms with Crippen molar-refractivity contribution in [1.29, 1.82) is 0 Å². The summed E-state index contributed by atoms with van der Waals surface area (Å²) in [6.07, 6.45) is 2.13. The predicted molar refractivity (Wildman–Crippen MR) is 72.1 cm³/mol. The van der Waals surface area contributed by atoms with Crippen LogP contribution >= 0.6 is 0 Å². The highest BCUT2D eigenvalue weighted by molar-refractivity contribution is 6.59. The minimum Gasteiger partial charge on any atom is -0.369 e. The Balaban J connectivity index is 2.34. The van der Waals surface area contributed by atoms with Gasteiger partial charge in [-0.25, -0.2) is 0 Å². The first-order valence-corrected chi connectivity index (χ1v) is 5.41. The highest BCUT2D eigenvalue weighted by Crippen LogP contribution is 2.15. The van der Waals surface area contributed by atoms with E-state index in [1.54, 1.807) is 0 Å². The minimum atomic E-state index is 0.554. The van der Waals surface area contributed by atoms with E-state index < -0.39 is 0 Å². The first-order chi connectivity index (χ1) is 7.90. The van der Waals surface area contributed by atoms with Crippen molar-refractivity contribution in [2.24, 2.45) is 5.64 Å². The quantitative estimate of drug-likeness (QED) is 0.607. The second kappa shape index (κ2) is 5.33. The van der Waals surface area contributed by atoms with Gasteiger partial charge in [-0.15, -0.1) is 0 Å². The smallest absolute Gasteiger partial charge is 0.233 e. The number of hydrogen-bond acceptors (Lipinski definition) is 1. The topological polar surface area (TPSA) is 26.0 Å². The Labute approximate surface area is 96.9 Å². The molecule has 0 saturated carbocycles. The zero-order chi connectivity index (χ0) is 11.2. The molecule has 0 aliphatic heterocycles. The van der Waals surface area contributed by atoms with Gasteiger partial charge in [0, 0.05) is 0 Å².